The molecule has 8 nitrogen and oxygen atoms in total. The summed E-state index contributed by atoms with van der Waals surface area (Å²) in [6, 6.07) is 27.5. The van der Waals surface area contributed by atoms with Crippen LogP contribution in [-0.4, -0.2) is 19.7 Å². The molecule has 4 aromatic carbocycles. The molecule has 1 unspecified atom stereocenters. The number of halogens is 1. The maximum Gasteiger partial charge on any atom is 0.349 e. The molecule has 0 amide bonds. The Morgan fingerprint density at radius 2 is 1.73 bits per heavy atom. The number of esters is 1. The molecule has 2 N–H and O–H groups in total. The van der Waals surface area contributed by atoms with Crippen LogP contribution in [0, 0.1) is 17.1 Å². The molecule has 0 saturated carbocycles. The van der Waals surface area contributed by atoms with E-state index in [1.165, 1.54) is 19.2 Å². The van der Waals surface area contributed by atoms with Crippen LogP contribution in [0.3, 0.4) is 0 Å². The lowest BCUT2D eigenvalue weighted by molar-refractivity contribution is -0.136. The van der Waals surface area contributed by atoms with Gasteiger partial charge in [-0.15, -0.1) is 0 Å². The molecule has 4 aromatic rings. The summed E-state index contributed by atoms with van der Waals surface area (Å²) in [6.45, 7) is -0.271. The minimum absolute atomic E-state index is 0.0106. The molecule has 0 aromatic heterocycles. The fraction of sp³-hybridized carbons (Fsp3) is 0.125. The maximum absolute atomic E-state index is 14.0. The van der Waals surface area contributed by atoms with E-state index in [9.17, 15) is 14.4 Å². The summed E-state index contributed by atoms with van der Waals surface area (Å²) in [5.74, 6) is 0.277. The van der Waals surface area contributed by atoms with E-state index in [2.05, 4.69) is 6.07 Å². The third kappa shape index (κ3) is 6.07. The number of para-hydroxylation sites is 1. The van der Waals surface area contributed by atoms with Crippen LogP contribution in [0.25, 0.3) is 0 Å². The second-order valence-corrected chi connectivity index (χ2v) is 8.99. The first-order valence-corrected chi connectivity index (χ1v) is 12.6. The summed E-state index contributed by atoms with van der Waals surface area (Å²) >= 11 is 0. The highest BCUT2D eigenvalue weighted by Gasteiger charge is 2.32. The first-order chi connectivity index (χ1) is 20.0. The van der Waals surface area contributed by atoms with Gasteiger partial charge in [0.25, 0.3) is 0 Å². The van der Waals surface area contributed by atoms with Gasteiger partial charge in [0.2, 0.25) is 5.88 Å². The normalized spacial score (nSPS) is 13.8. The van der Waals surface area contributed by atoms with Gasteiger partial charge < -0.3 is 29.4 Å². The molecule has 0 spiro atoms. The van der Waals surface area contributed by atoms with E-state index in [-0.39, 0.29) is 36.2 Å². The van der Waals surface area contributed by atoms with Crippen LogP contribution in [0.5, 0.6) is 28.7 Å². The van der Waals surface area contributed by atoms with Gasteiger partial charge >= 0.3 is 5.97 Å². The lowest BCUT2D eigenvalue weighted by Crippen LogP contribution is -2.21. The third-order valence-electron chi connectivity index (χ3n) is 6.38. The largest absolute Gasteiger partial charge is 0.493 e. The quantitative estimate of drug-likeness (QED) is 0.210. The van der Waals surface area contributed by atoms with Gasteiger partial charge in [-0.2, -0.15) is 5.26 Å². The summed E-state index contributed by atoms with van der Waals surface area (Å²) in [6.07, 6.45) is 0. The SMILES string of the molecule is COc1cc(C2C(C#N)=C(N)Oc3cc(OC(=O)COc4ccccc4)ccc32)ccc1OCc1ccccc1F. The molecule has 0 bridgehead atoms. The zero-order chi connectivity index (χ0) is 28.8. The van der Waals surface area contributed by atoms with E-state index in [1.807, 2.05) is 6.07 Å². The molecule has 5 rings (SSSR count). The van der Waals surface area contributed by atoms with Crippen LogP contribution in [0.1, 0.15) is 22.6 Å². The number of methoxy groups -OCH3 is 1. The molecule has 206 valence electrons. The van der Waals surface area contributed by atoms with Gasteiger partial charge in [0, 0.05) is 17.2 Å². The molecule has 0 fully saturated rings. The minimum Gasteiger partial charge on any atom is -0.493 e. The van der Waals surface area contributed by atoms with Crippen LogP contribution >= 0.6 is 0 Å². The van der Waals surface area contributed by atoms with Crippen LogP contribution in [-0.2, 0) is 11.4 Å². The Morgan fingerprint density at radius 1 is 0.951 bits per heavy atom. The number of carbonyl (C=O) groups excluding carboxylic acids is 1. The number of hydrogen-bond acceptors (Lipinski definition) is 8. The van der Waals surface area contributed by atoms with E-state index in [0.29, 0.717) is 39.7 Å². The summed E-state index contributed by atoms with van der Waals surface area (Å²) in [5.41, 5.74) is 8.07. The highest BCUT2D eigenvalue weighted by Crippen LogP contribution is 2.45. The van der Waals surface area contributed by atoms with Crippen molar-refractivity contribution in [2.24, 2.45) is 5.73 Å². The summed E-state index contributed by atoms with van der Waals surface area (Å²) in [4.78, 5) is 12.4. The van der Waals surface area contributed by atoms with Gasteiger partial charge in [0.05, 0.1) is 13.0 Å². The monoisotopic (exact) mass is 552 g/mol. The number of hydrogen-bond donors (Lipinski definition) is 1. The second-order valence-electron chi connectivity index (χ2n) is 8.99. The Morgan fingerprint density at radius 3 is 2.49 bits per heavy atom. The predicted octanol–water partition coefficient (Wildman–Crippen LogP) is 5.62. The van der Waals surface area contributed by atoms with E-state index in [4.69, 9.17) is 29.4 Å². The molecule has 1 atom stereocenters. The molecular formula is C32H25FN2O6. The van der Waals surface area contributed by atoms with Crippen molar-refractivity contribution in [1.29, 1.82) is 5.26 Å². The molecule has 1 heterocycles. The van der Waals surface area contributed by atoms with Gasteiger partial charge in [0.15, 0.2) is 18.1 Å². The predicted molar refractivity (Wildman–Crippen MR) is 147 cm³/mol. The van der Waals surface area contributed by atoms with Crippen LogP contribution in [0.4, 0.5) is 4.39 Å². The second kappa shape index (κ2) is 12.1. The third-order valence-corrected chi connectivity index (χ3v) is 6.38. The number of nitriles is 1. The highest BCUT2D eigenvalue weighted by molar-refractivity contribution is 5.74. The first-order valence-electron chi connectivity index (χ1n) is 12.6. The minimum atomic E-state index is -0.599. The molecule has 9 heteroatoms. The van der Waals surface area contributed by atoms with E-state index < -0.39 is 11.9 Å². The summed E-state index contributed by atoms with van der Waals surface area (Å²) in [7, 11) is 1.49. The Kier molecular flexibility index (Phi) is 8.02. The maximum atomic E-state index is 14.0. The van der Waals surface area contributed by atoms with Crippen molar-refractivity contribution in [2.45, 2.75) is 12.5 Å². The molecular weight excluding hydrogens is 527 g/mol. The Hall–Kier alpha value is -5.49. The highest BCUT2D eigenvalue weighted by atomic mass is 19.1. The van der Waals surface area contributed by atoms with Crippen LogP contribution in [0.2, 0.25) is 0 Å². The van der Waals surface area contributed by atoms with Crippen molar-refractivity contribution in [1.82, 2.24) is 0 Å². The van der Waals surface area contributed by atoms with Crippen molar-refractivity contribution in [2.75, 3.05) is 13.7 Å². The van der Waals surface area contributed by atoms with E-state index >= 15 is 0 Å². The van der Waals surface area contributed by atoms with Crippen molar-refractivity contribution in [3.63, 3.8) is 0 Å². The fourth-order valence-corrected chi connectivity index (χ4v) is 4.42. The van der Waals surface area contributed by atoms with Gasteiger partial charge in [-0.05, 0) is 42.0 Å². The molecule has 1 aliphatic heterocycles. The molecule has 1 aliphatic rings. The topological polar surface area (TPSA) is 113 Å². The van der Waals surface area contributed by atoms with Gasteiger partial charge in [-0.1, -0.05) is 48.5 Å². The number of allylic oxidation sites excluding steroid dienone is 1. The lowest BCUT2D eigenvalue weighted by Gasteiger charge is -2.27. The lowest BCUT2D eigenvalue weighted by atomic mass is 9.83. The van der Waals surface area contributed by atoms with Gasteiger partial charge in [0.1, 0.15) is 41.3 Å². The van der Waals surface area contributed by atoms with Crippen LogP contribution in [0.15, 0.2) is 102 Å². The summed E-state index contributed by atoms with van der Waals surface area (Å²) < 4.78 is 42.0. The Balaban J connectivity index is 1.37. The zero-order valence-electron chi connectivity index (χ0n) is 22.0. The number of rotatable bonds is 9. The van der Waals surface area contributed by atoms with Gasteiger partial charge in [-0.25, -0.2) is 9.18 Å². The Bertz CT molecular complexity index is 1650. The van der Waals surface area contributed by atoms with Crippen LogP contribution < -0.4 is 29.4 Å². The summed E-state index contributed by atoms with van der Waals surface area (Å²) in [5, 5.41) is 9.92. The number of ether oxygens (including phenoxy) is 5. The molecule has 0 aliphatic carbocycles. The zero-order valence-corrected chi connectivity index (χ0v) is 22.0. The van der Waals surface area contributed by atoms with Gasteiger partial charge in [-0.3, -0.25) is 0 Å². The Labute approximate surface area is 235 Å². The van der Waals surface area contributed by atoms with E-state index in [1.54, 1.807) is 72.8 Å². The standard InChI is InChI=1S/C32H25FN2O6/c1-37-29-15-20(11-14-27(29)39-18-21-7-5-6-10-26(21)33)31-24-13-12-23(16-28(24)41-32(35)25(31)17-34)40-30(36)19-38-22-8-3-2-4-9-22/h2-16,31H,18-19,35H2,1H3. The van der Waals surface area contributed by atoms with Crippen molar-refractivity contribution >= 4 is 5.97 Å². The molecule has 41 heavy (non-hydrogen) atoms. The number of benzene rings is 4. The number of carbonyl (C=O) groups is 1. The first kappa shape index (κ1) is 27.1. The van der Waals surface area contributed by atoms with Crippen molar-refractivity contribution < 1.29 is 32.9 Å². The fourth-order valence-electron chi connectivity index (χ4n) is 4.42. The number of fused-ring (bicyclic) bond motifs is 1. The van der Waals surface area contributed by atoms with Crippen molar-refractivity contribution in [3.8, 4) is 34.8 Å². The van der Waals surface area contributed by atoms with Crippen molar-refractivity contribution in [3.05, 3.63) is 125 Å². The number of nitrogens with two attached hydrogens (primary N) is 1. The molecule has 0 saturated heterocycles. The molecule has 0 radical (unpaired) electrons. The van der Waals surface area contributed by atoms with E-state index in [0.717, 1.165) is 0 Å². The average molecular weight is 553 g/mol. The number of nitrogens with zero attached hydrogens (tertiary/aromatic N) is 1. The average Bonchev–Trinajstić information content (AvgIpc) is 2.99. The smallest absolute Gasteiger partial charge is 0.349 e.